The van der Waals surface area contributed by atoms with Gasteiger partial charge in [-0.1, -0.05) is 25.1 Å². The van der Waals surface area contributed by atoms with Crippen molar-refractivity contribution in [3.8, 4) is 0 Å². The van der Waals surface area contributed by atoms with E-state index in [4.69, 9.17) is 0 Å². The second-order valence-electron chi connectivity index (χ2n) is 6.69. The average molecular weight is 471 g/mol. The number of hydrogen-bond acceptors (Lipinski definition) is 4. The van der Waals surface area contributed by atoms with E-state index in [1.54, 1.807) is 12.1 Å². The van der Waals surface area contributed by atoms with Gasteiger partial charge in [-0.2, -0.15) is 4.31 Å². The van der Waals surface area contributed by atoms with Crippen LogP contribution in [0.2, 0.25) is 0 Å². The largest absolute Gasteiger partial charge is 0.325 e. The number of benzene rings is 1. The normalized spacial score (nSPS) is 16.4. The lowest BCUT2D eigenvalue weighted by Crippen LogP contribution is -2.41. The van der Waals surface area contributed by atoms with Crippen LogP contribution < -0.4 is 5.32 Å². The Morgan fingerprint density at radius 3 is 2.56 bits per heavy atom. The zero-order valence-corrected chi connectivity index (χ0v) is 18.6. The van der Waals surface area contributed by atoms with Crippen LogP contribution in [0.15, 0.2) is 38.3 Å². The van der Waals surface area contributed by atoms with Crippen LogP contribution >= 0.6 is 27.3 Å². The van der Waals surface area contributed by atoms with Gasteiger partial charge in [-0.05, 0) is 65.4 Å². The monoisotopic (exact) mass is 470 g/mol. The summed E-state index contributed by atoms with van der Waals surface area (Å²) in [7, 11) is -3.48. The standard InChI is InChI=1S/C19H23BrN2O3S2/c1-3-14-6-4-5-13(2)18(14)21-19(23)15-9-11-22(12-10-15)27(24,25)17-8-7-16(20)26-17/h4-8,15H,3,9-12H2,1-2H3,(H,21,23). The maximum atomic E-state index is 12.7. The SMILES string of the molecule is CCc1cccc(C)c1NC(=O)C1CCN(S(=O)(=O)c2ccc(Br)s2)CC1. The van der Waals surface area contributed by atoms with Crippen molar-refractivity contribution in [2.75, 3.05) is 18.4 Å². The van der Waals surface area contributed by atoms with Crippen LogP contribution in [0.4, 0.5) is 5.69 Å². The smallest absolute Gasteiger partial charge is 0.252 e. The van der Waals surface area contributed by atoms with Crippen molar-refractivity contribution in [1.29, 1.82) is 0 Å². The minimum Gasteiger partial charge on any atom is -0.325 e. The molecule has 146 valence electrons. The zero-order chi connectivity index (χ0) is 19.6. The lowest BCUT2D eigenvalue weighted by atomic mass is 9.96. The van der Waals surface area contributed by atoms with Crippen LogP contribution in [0, 0.1) is 12.8 Å². The molecule has 0 atom stereocenters. The molecule has 0 bridgehead atoms. The van der Waals surface area contributed by atoms with Gasteiger partial charge in [0.15, 0.2) is 0 Å². The quantitative estimate of drug-likeness (QED) is 0.702. The van der Waals surface area contributed by atoms with E-state index < -0.39 is 10.0 Å². The van der Waals surface area contributed by atoms with E-state index in [-0.39, 0.29) is 11.8 Å². The summed E-state index contributed by atoms with van der Waals surface area (Å²) in [6.45, 7) is 4.79. The summed E-state index contributed by atoms with van der Waals surface area (Å²) in [6.07, 6.45) is 1.92. The number of anilines is 1. The number of nitrogens with zero attached hydrogens (tertiary/aromatic N) is 1. The van der Waals surface area contributed by atoms with Gasteiger partial charge in [-0.25, -0.2) is 8.42 Å². The van der Waals surface area contributed by atoms with Gasteiger partial charge in [0.1, 0.15) is 4.21 Å². The first-order valence-corrected chi connectivity index (χ1v) is 12.0. The molecule has 0 saturated carbocycles. The third kappa shape index (κ3) is 4.45. The highest BCUT2D eigenvalue weighted by molar-refractivity contribution is 9.11. The molecule has 1 amide bonds. The van der Waals surface area contributed by atoms with Crippen LogP contribution in [-0.4, -0.2) is 31.7 Å². The van der Waals surface area contributed by atoms with Gasteiger partial charge in [0.05, 0.1) is 3.79 Å². The molecule has 1 aliphatic rings. The first-order chi connectivity index (χ1) is 12.8. The summed E-state index contributed by atoms with van der Waals surface area (Å²) >= 11 is 4.52. The Bertz CT molecular complexity index is 932. The fourth-order valence-corrected chi connectivity index (χ4v) is 6.98. The number of halogens is 1. The number of carbonyl (C=O) groups excluding carboxylic acids is 1. The molecule has 1 aromatic carbocycles. The average Bonchev–Trinajstić information content (AvgIpc) is 3.10. The Morgan fingerprint density at radius 1 is 1.26 bits per heavy atom. The lowest BCUT2D eigenvalue weighted by Gasteiger charge is -2.30. The van der Waals surface area contributed by atoms with Gasteiger partial charge in [0, 0.05) is 24.7 Å². The number of para-hydroxylation sites is 1. The van der Waals surface area contributed by atoms with E-state index in [1.807, 2.05) is 25.1 Å². The summed E-state index contributed by atoms with van der Waals surface area (Å²) in [5, 5.41) is 3.08. The first kappa shape index (κ1) is 20.5. The Hall–Kier alpha value is -1.22. The fraction of sp³-hybridized carbons (Fsp3) is 0.421. The summed E-state index contributed by atoms with van der Waals surface area (Å²) in [4.78, 5) is 12.7. The molecule has 5 nitrogen and oxygen atoms in total. The molecule has 0 unspecified atom stereocenters. The molecule has 1 aromatic heterocycles. The molecule has 1 N–H and O–H groups in total. The van der Waals surface area contributed by atoms with Gasteiger partial charge in [-0.15, -0.1) is 11.3 Å². The van der Waals surface area contributed by atoms with Crippen LogP contribution in [0.3, 0.4) is 0 Å². The minimum atomic E-state index is -3.48. The minimum absolute atomic E-state index is 0.0186. The zero-order valence-electron chi connectivity index (χ0n) is 15.4. The summed E-state index contributed by atoms with van der Waals surface area (Å²) in [6, 6.07) is 9.37. The molecule has 2 heterocycles. The Labute approximate surface area is 173 Å². The maximum absolute atomic E-state index is 12.7. The van der Waals surface area contributed by atoms with Crippen molar-refractivity contribution in [2.45, 2.75) is 37.3 Å². The number of amides is 1. The fourth-order valence-electron chi connectivity index (χ4n) is 3.35. The number of aryl methyl sites for hydroxylation is 2. The van der Waals surface area contributed by atoms with Gasteiger partial charge in [0.2, 0.25) is 5.91 Å². The van der Waals surface area contributed by atoms with Crippen molar-refractivity contribution in [3.05, 3.63) is 45.2 Å². The van der Waals surface area contributed by atoms with E-state index in [0.717, 1.165) is 27.0 Å². The highest BCUT2D eigenvalue weighted by Gasteiger charge is 2.33. The molecule has 0 aliphatic carbocycles. The third-order valence-electron chi connectivity index (χ3n) is 4.96. The van der Waals surface area contributed by atoms with E-state index in [0.29, 0.717) is 30.1 Å². The predicted molar refractivity (Wildman–Crippen MR) is 113 cm³/mol. The van der Waals surface area contributed by atoms with Crippen LogP contribution in [0.5, 0.6) is 0 Å². The van der Waals surface area contributed by atoms with E-state index in [9.17, 15) is 13.2 Å². The number of nitrogens with one attached hydrogen (secondary N) is 1. The summed E-state index contributed by atoms with van der Waals surface area (Å²) in [5.41, 5.74) is 3.06. The van der Waals surface area contributed by atoms with E-state index in [2.05, 4.69) is 28.2 Å². The van der Waals surface area contributed by atoms with Crippen molar-refractivity contribution >= 4 is 48.9 Å². The van der Waals surface area contributed by atoms with Crippen molar-refractivity contribution in [2.24, 2.45) is 5.92 Å². The topological polar surface area (TPSA) is 66.5 Å². The van der Waals surface area contributed by atoms with Crippen LogP contribution in [0.25, 0.3) is 0 Å². The van der Waals surface area contributed by atoms with E-state index in [1.165, 1.54) is 15.6 Å². The predicted octanol–water partition coefficient (Wildman–Crippen LogP) is 4.42. The third-order valence-corrected chi connectivity index (χ3v) is 8.95. The molecule has 1 fully saturated rings. The first-order valence-electron chi connectivity index (χ1n) is 8.97. The number of hydrogen-bond donors (Lipinski definition) is 1. The van der Waals surface area contributed by atoms with Crippen molar-refractivity contribution in [3.63, 3.8) is 0 Å². The number of piperidine rings is 1. The highest BCUT2D eigenvalue weighted by Crippen LogP contribution is 2.31. The van der Waals surface area contributed by atoms with Gasteiger partial charge in [-0.3, -0.25) is 4.79 Å². The molecule has 3 rings (SSSR count). The molecule has 1 aliphatic heterocycles. The number of sulfonamides is 1. The van der Waals surface area contributed by atoms with Crippen molar-refractivity contribution in [1.82, 2.24) is 4.31 Å². The second-order valence-corrected chi connectivity index (χ2v) is 11.3. The van der Waals surface area contributed by atoms with Crippen molar-refractivity contribution < 1.29 is 13.2 Å². The van der Waals surface area contributed by atoms with Gasteiger partial charge >= 0.3 is 0 Å². The molecular weight excluding hydrogens is 448 g/mol. The summed E-state index contributed by atoms with van der Waals surface area (Å²) < 4.78 is 28.0. The van der Waals surface area contributed by atoms with Gasteiger partial charge in [0.25, 0.3) is 10.0 Å². The number of carbonyl (C=O) groups is 1. The number of thiophene rings is 1. The lowest BCUT2D eigenvalue weighted by molar-refractivity contribution is -0.120. The molecule has 2 aromatic rings. The second kappa shape index (κ2) is 8.43. The maximum Gasteiger partial charge on any atom is 0.252 e. The molecule has 0 spiro atoms. The Morgan fingerprint density at radius 2 is 1.96 bits per heavy atom. The Balaban J connectivity index is 1.65. The number of rotatable bonds is 5. The summed E-state index contributed by atoms with van der Waals surface area (Å²) in [5.74, 6) is -0.189. The molecular formula is C19H23BrN2O3S2. The molecule has 8 heteroatoms. The highest BCUT2D eigenvalue weighted by atomic mass is 79.9. The molecule has 1 saturated heterocycles. The van der Waals surface area contributed by atoms with Gasteiger partial charge < -0.3 is 5.32 Å². The Kier molecular flexibility index (Phi) is 6.40. The molecule has 0 radical (unpaired) electrons. The van der Waals surface area contributed by atoms with E-state index >= 15 is 0 Å². The van der Waals surface area contributed by atoms with Crippen LogP contribution in [0.1, 0.15) is 30.9 Å². The molecule has 27 heavy (non-hydrogen) atoms. The van der Waals surface area contributed by atoms with Crippen LogP contribution in [-0.2, 0) is 21.2 Å².